The van der Waals surface area contributed by atoms with Crippen LogP contribution in [-0.2, 0) is 0 Å². The fourth-order valence-corrected chi connectivity index (χ4v) is 3.77. The highest BCUT2D eigenvalue weighted by atomic mass is 16.7. The zero-order valence-corrected chi connectivity index (χ0v) is 18.0. The molecule has 1 saturated heterocycles. The van der Waals surface area contributed by atoms with Gasteiger partial charge in [0.15, 0.2) is 23.0 Å². The first-order chi connectivity index (χ1) is 15.2. The number of amides is 1. The fraction of sp³-hybridized carbons (Fsp3) is 0.435. The van der Waals surface area contributed by atoms with E-state index in [0.717, 1.165) is 43.3 Å². The second kappa shape index (κ2) is 9.78. The number of piperazine rings is 1. The molecule has 0 spiro atoms. The van der Waals surface area contributed by atoms with Crippen molar-refractivity contribution in [3.63, 3.8) is 0 Å². The molecule has 0 bridgehead atoms. The monoisotopic (exact) mass is 428 g/mol. The summed E-state index contributed by atoms with van der Waals surface area (Å²) < 4.78 is 27.1. The van der Waals surface area contributed by atoms with Crippen molar-refractivity contribution < 1.29 is 28.5 Å². The van der Waals surface area contributed by atoms with Gasteiger partial charge in [-0.3, -0.25) is 9.69 Å². The Labute approximate surface area is 182 Å². The van der Waals surface area contributed by atoms with E-state index in [9.17, 15) is 4.79 Å². The van der Waals surface area contributed by atoms with Gasteiger partial charge >= 0.3 is 0 Å². The van der Waals surface area contributed by atoms with E-state index in [1.54, 1.807) is 32.4 Å². The minimum Gasteiger partial charge on any atom is -0.493 e. The Bertz CT molecular complexity index is 911. The highest BCUT2D eigenvalue weighted by Gasteiger charge is 2.23. The van der Waals surface area contributed by atoms with Crippen LogP contribution in [0.25, 0.3) is 0 Å². The molecule has 0 saturated carbocycles. The van der Waals surface area contributed by atoms with E-state index in [1.807, 2.05) is 23.1 Å². The number of carbonyl (C=O) groups excluding carboxylic acids is 1. The molecule has 0 aliphatic carbocycles. The van der Waals surface area contributed by atoms with E-state index in [1.165, 1.54) is 0 Å². The third-order valence-corrected chi connectivity index (χ3v) is 5.52. The maximum Gasteiger partial charge on any atom is 0.254 e. The summed E-state index contributed by atoms with van der Waals surface area (Å²) in [4.78, 5) is 17.1. The average Bonchev–Trinajstić information content (AvgIpc) is 3.29. The molecule has 2 aromatic rings. The number of hydrogen-bond acceptors (Lipinski definition) is 7. The van der Waals surface area contributed by atoms with Crippen molar-refractivity contribution in [1.82, 2.24) is 9.80 Å². The lowest BCUT2D eigenvalue weighted by Crippen LogP contribution is -2.49. The Morgan fingerprint density at radius 1 is 0.935 bits per heavy atom. The van der Waals surface area contributed by atoms with Crippen molar-refractivity contribution in [3.8, 4) is 28.7 Å². The van der Waals surface area contributed by atoms with Gasteiger partial charge in [-0.05, 0) is 36.8 Å². The summed E-state index contributed by atoms with van der Waals surface area (Å²) in [6, 6.07) is 10.9. The van der Waals surface area contributed by atoms with Crippen LogP contribution in [0, 0.1) is 0 Å². The molecule has 0 unspecified atom stereocenters. The Morgan fingerprint density at radius 2 is 1.71 bits per heavy atom. The van der Waals surface area contributed by atoms with E-state index in [0.29, 0.717) is 36.8 Å². The van der Waals surface area contributed by atoms with Crippen LogP contribution in [0.4, 0.5) is 0 Å². The molecule has 1 amide bonds. The van der Waals surface area contributed by atoms with E-state index >= 15 is 0 Å². The molecule has 8 nitrogen and oxygen atoms in total. The molecular formula is C23H28N2O6. The molecule has 1 fully saturated rings. The van der Waals surface area contributed by atoms with Crippen LogP contribution in [0.15, 0.2) is 36.4 Å². The number of carbonyl (C=O) groups is 1. The molecule has 8 heteroatoms. The highest BCUT2D eigenvalue weighted by molar-refractivity contribution is 5.95. The molecule has 2 aliphatic rings. The SMILES string of the molecule is COc1ccc(C(=O)N2CCN(CCCOc3ccc4c(c3)OCO4)CC2)cc1OC. The first kappa shape index (κ1) is 21.1. The molecule has 4 rings (SSSR count). The van der Waals surface area contributed by atoms with Crippen molar-refractivity contribution in [3.05, 3.63) is 42.0 Å². The quantitative estimate of drug-likeness (QED) is 0.599. The van der Waals surface area contributed by atoms with Gasteiger partial charge in [0.25, 0.3) is 5.91 Å². The van der Waals surface area contributed by atoms with Crippen LogP contribution in [-0.4, -0.2) is 76.1 Å². The molecule has 2 aliphatic heterocycles. The summed E-state index contributed by atoms with van der Waals surface area (Å²) in [5.74, 6) is 3.48. The minimum atomic E-state index is 0.0201. The predicted molar refractivity (Wildman–Crippen MR) is 115 cm³/mol. The Kier molecular flexibility index (Phi) is 6.66. The number of hydrogen-bond donors (Lipinski definition) is 0. The Hall–Kier alpha value is -3.13. The average molecular weight is 428 g/mol. The smallest absolute Gasteiger partial charge is 0.254 e. The Balaban J connectivity index is 1.19. The van der Waals surface area contributed by atoms with Gasteiger partial charge in [-0.15, -0.1) is 0 Å². The summed E-state index contributed by atoms with van der Waals surface area (Å²) in [5, 5.41) is 0. The van der Waals surface area contributed by atoms with Gasteiger partial charge in [-0.2, -0.15) is 0 Å². The largest absolute Gasteiger partial charge is 0.493 e. The van der Waals surface area contributed by atoms with Gasteiger partial charge in [0, 0.05) is 44.4 Å². The molecule has 0 aromatic heterocycles. The molecule has 166 valence electrons. The normalized spacial score (nSPS) is 15.6. The maximum atomic E-state index is 12.8. The fourth-order valence-electron chi connectivity index (χ4n) is 3.77. The maximum absolute atomic E-state index is 12.8. The molecular weight excluding hydrogens is 400 g/mol. The van der Waals surface area contributed by atoms with Crippen LogP contribution in [0.5, 0.6) is 28.7 Å². The van der Waals surface area contributed by atoms with Gasteiger partial charge in [-0.25, -0.2) is 0 Å². The van der Waals surface area contributed by atoms with Crippen LogP contribution in [0.2, 0.25) is 0 Å². The zero-order valence-electron chi connectivity index (χ0n) is 18.0. The van der Waals surface area contributed by atoms with Crippen molar-refractivity contribution in [2.75, 3.05) is 60.3 Å². The first-order valence-corrected chi connectivity index (χ1v) is 10.4. The van der Waals surface area contributed by atoms with Crippen molar-refractivity contribution in [1.29, 1.82) is 0 Å². The third-order valence-electron chi connectivity index (χ3n) is 5.52. The van der Waals surface area contributed by atoms with Crippen LogP contribution in [0.1, 0.15) is 16.8 Å². The molecule has 0 radical (unpaired) electrons. The van der Waals surface area contributed by atoms with E-state index in [2.05, 4.69) is 4.90 Å². The van der Waals surface area contributed by atoms with Gasteiger partial charge in [0.05, 0.1) is 20.8 Å². The number of benzene rings is 2. The predicted octanol–water partition coefficient (Wildman–Crippen LogP) is 2.66. The summed E-state index contributed by atoms with van der Waals surface area (Å²) in [5.41, 5.74) is 0.614. The second-order valence-corrected chi connectivity index (χ2v) is 7.42. The van der Waals surface area contributed by atoms with Crippen molar-refractivity contribution >= 4 is 5.91 Å². The molecule has 0 atom stereocenters. The van der Waals surface area contributed by atoms with Crippen LogP contribution >= 0.6 is 0 Å². The summed E-state index contributed by atoms with van der Waals surface area (Å²) >= 11 is 0. The number of rotatable bonds is 8. The third kappa shape index (κ3) is 4.96. The number of nitrogens with zero attached hydrogens (tertiary/aromatic N) is 2. The second-order valence-electron chi connectivity index (χ2n) is 7.42. The van der Waals surface area contributed by atoms with Gasteiger partial charge < -0.3 is 28.6 Å². The van der Waals surface area contributed by atoms with Crippen molar-refractivity contribution in [2.45, 2.75) is 6.42 Å². The summed E-state index contributed by atoms with van der Waals surface area (Å²) in [6.07, 6.45) is 0.915. The van der Waals surface area contributed by atoms with E-state index in [-0.39, 0.29) is 12.7 Å². The zero-order chi connectivity index (χ0) is 21.6. The summed E-state index contributed by atoms with van der Waals surface area (Å²) in [6.45, 7) is 4.94. The van der Waals surface area contributed by atoms with Gasteiger partial charge in [-0.1, -0.05) is 0 Å². The van der Waals surface area contributed by atoms with Crippen molar-refractivity contribution in [2.24, 2.45) is 0 Å². The van der Waals surface area contributed by atoms with E-state index in [4.69, 9.17) is 23.7 Å². The number of ether oxygens (including phenoxy) is 5. The lowest BCUT2D eigenvalue weighted by atomic mass is 10.1. The first-order valence-electron chi connectivity index (χ1n) is 10.4. The van der Waals surface area contributed by atoms with Gasteiger partial charge in [0.2, 0.25) is 6.79 Å². The van der Waals surface area contributed by atoms with E-state index < -0.39 is 0 Å². The van der Waals surface area contributed by atoms with Crippen LogP contribution in [0.3, 0.4) is 0 Å². The topological polar surface area (TPSA) is 69.7 Å². The molecule has 0 N–H and O–H groups in total. The molecule has 31 heavy (non-hydrogen) atoms. The number of methoxy groups -OCH3 is 2. The van der Waals surface area contributed by atoms with Gasteiger partial charge in [0.1, 0.15) is 5.75 Å². The lowest BCUT2D eigenvalue weighted by molar-refractivity contribution is 0.0630. The highest BCUT2D eigenvalue weighted by Crippen LogP contribution is 2.35. The Morgan fingerprint density at radius 3 is 2.48 bits per heavy atom. The molecule has 2 heterocycles. The minimum absolute atomic E-state index is 0.0201. The summed E-state index contributed by atoms with van der Waals surface area (Å²) in [7, 11) is 3.15. The number of fused-ring (bicyclic) bond motifs is 1. The molecule has 2 aromatic carbocycles. The lowest BCUT2D eigenvalue weighted by Gasteiger charge is -2.34. The standard InChI is InChI=1S/C23H28N2O6/c1-27-19-6-4-17(14-21(19)28-2)23(26)25-11-9-24(10-12-25)8-3-13-29-18-5-7-20-22(15-18)31-16-30-20/h4-7,14-15H,3,8-13,16H2,1-2H3. The van der Waals surface area contributed by atoms with Crippen LogP contribution < -0.4 is 23.7 Å².